The molecule has 2 aromatic rings. The van der Waals surface area contributed by atoms with E-state index in [1.807, 2.05) is 19.9 Å². The van der Waals surface area contributed by atoms with Crippen molar-refractivity contribution in [3.8, 4) is 11.5 Å². The van der Waals surface area contributed by atoms with Gasteiger partial charge in [-0.15, -0.1) is 0 Å². The predicted molar refractivity (Wildman–Crippen MR) is 132 cm³/mol. The molecule has 0 saturated carbocycles. The number of rotatable bonds is 5. The molecule has 0 amide bonds. The summed E-state index contributed by atoms with van der Waals surface area (Å²) in [5, 5.41) is 0. The number of unbranched alkanes of at least 4 members (excludes halogenated alkanes) is 1. The third-order valence-electron chi connectivity index (χ3n) is 6.09. The molecule has 0 bridgehead atoms. The Bertz CT molecular complexity index is 1020. The first-order valence-corrected chi connectivity index (χ1v) is 11.7. The van der Waals surface area contributed by atoms with Crippen LogP contribution in [0.2, 0.25) is 0 Å². The van der Waals surface area contributed by atoms with Crippen molar-refractivity contribution in [2.75, 3.05) is 0 Å². The number of fused-ring (bicyclic) bond motifs is 1. The summed E-state index contributed by atoms with van der Waals surface area (Å²) in [7, 11) is 0. The summed E-state index contributed by atoms with van der Waals surface area (Å²) < 4.78 is 11.8. The molecule has 0 fully saturated rings. The Morgan fingerprint density at radius 1 is 0.969 bits per heavy atom. The molecule has 172 valence electrons. The zero-order valence-electron chi connectivity index (χ0n) is 21.2. The second-order valence-corrected chi connectivity index (χ2v) is 11.1. The van der Waals surface area contributed by atoms with Crippen LogP contribution in [-0.2, 0) is 15.6 Å². The molecule has 1 aliphatic heterocycles. The molecule has 0 aromatic heterocycles. The monoisotopic (exact) mass is 434 g/mol. The van der Waals surface area contributed by atoms with Crippen molar-refractivity contribution < 1.29 is 14.3 Å². The van der Waals surface area contributed by atoms with Crippen LogP contribution < -0.4 is 9.47 Å². The zero-order chi connectivity index (χ0) is 23.8. The minimum atomic E-state index is -0.421. The highest BCUT2D eigenvalue weighted by Gasteiger charge is 2.39. The molecule has 0 radical (unpaired) electrons. The number of ether oxygens (including phenoxy) is 2. The van der Waals surface area contributed by atoms with Gasteiger partial charge < -0.3 is 9.47 Å². The third-order valence-corrected chi connectivity index (χ3v) is 6.09. The van der Waals surface area contributed by atoms with Gasteiger partial charge in [0.05, 0.1) is 6.26 Å². The van der Waals surface area contributed by atoms with Crippen LogP contribution in [0, 0.1) is 13.8 Å². The average molecular weight is 435 g/mol. The van der Waals surface area contributed by atoms with Crippen molar-refractivity contribution in [3.63, 3.8) is 0 Å². The molecular formula is C29H38O3. The number of aryl methyl sites for hydroxylation is 2. The van der Waals surface area contributed by atoms with Crippen molar-refractivity contribution in [1.82, 2.24) is 0 Å². The highest BCUT2D eigenvalue weighted by Crippen LogP contribution is 2.47. The summed E-state index contributed by atoms with van der Waals surface area (Å²) in [4.78, 5) is 13.2. The van der Waals surface area contributed by atoms with E-state index in [0.717, 1.165) is 52.2 Å². The van der Waals surface area contributed by atoms with E-state index in [9.17, 15) is 4.79 Å². The molecule has 2 aromatic carbocycles. The van der Waals surface area contributed by atoms with Gasteiger partial charge in [0, 0.05) is 11.1 Å². The lowest BCUT2D eigenvalue weighted by atomic mass is 9.77. The van der Waals surface area contributed by atoms with Crippen molar-refractivity contribution >= 4 is 5.97 Å². The highest BCUT2D eigenvalue weighted by atomic mass is 16.5. The van der Waals surface area contributed by atoms with Crippen molar-refractivity contribution in [2.45, 2.75) is 91.9 Å². The number of hydrogen-bond acceptors (Lipinski definition) is 3. The maximum Gasteiger partial charge on any atom is 0.323 e. The lowest BCUT2D eigenvalue weighted by Gasteiger charge is -2.27. The van der Waals surface area contributed by atoms with Crippen LogP contribution in [0.15, 0.2) is 36.6 Å². The second kappa shape index (κ2) is 8.77. The van der Waals surface area contributed by atoms with Crippen molar-refractivity contribution in [3.05, 3.63) is 70.0 Å². The fraction of sp³-hybridized carbons (Fsp3) is 0.483. The first kappa shape index (κ1) is 24.1. The van der Waals surface area contributed by atoms with E-state index in [-0.39, 0.29) is 16.8 Å². The predicted octanol–water partition coefficient (Wildman–Crippen LogP) is 7.64. The molecule has 1 atom stereocenters. The molecule has 3 nitrogen and oxygen atoms in total. The molecule has 1 unspecified atom stereocenters. The lowest BCUT2D eigenvalue weighted by Crippen LogP contribution is -2.17. The van der Waals surface area contributed by atoms with Crippen LogP contribution in [0.1, 0.15) is 101 Å². The van der Waals surface area contributed by atoms with Crippen molar-refractivity contribution in [2.24, 2.45) is 0 Å². The van der Waals surface area contributed by atoms with E-state index in [4.69, 9.17) is 9.47 Å². The fourth-order valence-corrected chi connectivity index (χ4v) is 4.26. The van der Waals surface area contributed by atoms with Crippen molar-refractivity contribution in [1.29, 1.82) is 0 Å². The van der Waals surface area contributed by atoms with Crippen LogP contribution in [0.3, 0.4) is 0 Å². The highest BCUT2D eigenvalue weighted by molar-refractivity contribution is 5.90. The molecular weight excluding hydrogens is 396 g/mol. The van der Waals surface area contributed by atoms with Gasteiger partial charge in [-0.05, 0) is 59.4 Å². The zero-order valence-corrected chi connectivity index (χ0v) is 21.2. The van der Waals surface area contributed by atoms with Crippen LogP contribution in [-0.4, -0.2) is 5.97 Å². The fourth-order valence-electron chi connectivity index (χ4n) is 4.26. The van der Waals surface area contributed by atoms with E-state index in [1.54, 1.807) is 6.26 Å². The van der Waals surface area contributed by atoms with E-state index >= 15 is 0 Å². The topological polar surface area (TPSA) is 35.5 Å². The summed E-state index contributed by atoms with van der Waals surface area (Å²) >= 11 is 0. The molecule has 1 aliphatic rings. The molecule has 3 rings (SSSR count). The van der Waals surface area contributed by atoms with E-state index in [2.05, 4.69) is 72.7 Å². The summed E-state index contributed by atoms with van der Waals surface area (Å²) in [5.74, 6) is 0.965. The molecule has 32 heavy (non-hydrogen) atoms. The number of esters is 1. The molecule has 0 saturated heterocycles. The summed E-state index contributed by atoms with van der Waals surface area (Å²) in [5.41, 5.74) is 6.12. The third kappa shape index (κ3) is 4.77. The Hall–Kier alpha value is -2.55. The van der Waals surface area contributed by atoms with E-state index < -0.39 is 5.92 Å². The average Bonchev–Trinajstić information content (AvgIpc) is 3.00. The Morgan fingerprint density at radius 3 is 2.12 bits per heavy atom. The first-order chi connectivity index (χ1) is 14.8. The SMILES string of the molecule is CCCC=COc1c(C)cc(C2C(=O)Oc3c2cc(C(C)(C)C)cc3C(C)(C)C)cc1C. The Balaban J connectivity index is 2.11. The Kier molecular flexibility index (Phi) is 6.60. The molecule has 0 spiro atoms. The number of allylic oxidation sites excluding steroid dienone is 1. The van der Waals surface area contributed by atoms with Gasteiger partial charge in [0.1, 0.15) is 17.4 Å². The largest absolute Gasteiger partial charge is 0.465 e. The summed E-state index contributed by atoms with van der Waals surface area (Å²) in [6, 6.07) is 8.52. The Morgan fingerprint density at radius 2 is 1.59 bits per heavy atom. The van der Waals surface area contributed by atoms with Gasteiger partial charge in [-0.1, -0.05) is 79.2 Å². The first-order valence-electron chi connectivity index (χ1n) is 11.7. The molecule has 1 heterocycles. The minimum absolute atomic E-state index is 0.0282. The van der Waals surface area contributed by atoms with Gasteiger partial charge in [0.15, 0.2) is 0 Å². The maximum absolute atomic E-state index is 13.2. The summed E-state index contributed by atoms with van der Waals surface area (Å²) in [6.07, 6.45) is 5.89. The van der Waals surface area contributed by atoms with Crippen LogP contribution >= 0.6 is 0 Å². The van der Waals surface area contributed by atoms with Gasteiger partial charge in [-0.3, -0.25) is 4.79 Å². The number of benzene rings is 2. The smallest absolute Gasteiger partial charge is 0.323 e. The lowest BCUT2D eigenvalue weighted by molar-refractivity contribution is -0.133. The second-order valence-electron chi connectivity index (χ2n) is 11.1. The number of carbonyl (C=O) groups is 1. The standard InChI is InChI=1S/C29H38O3/c1-10-11-12-13-31-25-18(2)14-20(15-19(25)3)24-22-16-21(28(4,5)6)17-23(29(7,8)9)26(22)32-27(24)30/h12-17,24H,10-11H2,1-9H3. The molecule has 0 aliphatic carbocycles. The van der Waals surface area contributed by atoms with Gasteiger partial charge in [0.2, 0.25) is 0 Å². The normalized spacial score (nSPS) is 16.4. The minimum Gasteiger partial charge on any atom is -0.465 e. The quantitative estimate of drug-likeness (QED) is 0.275. The molecule has 3 heteroatoms. The van der Waals surface area contributed by atoms with E-state index in [1.165, 1.54) is 5.56 Å². The molecule has 0 N–H and O–H groups in total. The van der Waals surface area contributed by atoms with Gasteiger partial charge in [0.25, 0.3) is 0 Å². The van der Waals surface area contributed by atoms with E-state index in [0.29, 0.717) is 0 Å². The van der Waals surface area contributed by atoms with Crippen LogP contribution in [0.5, 0.6) is 11.5 Å². The van der Waals surface area contributed by atoms with Gasteiger partial charge >= 0.3 is 5.97 Å². The number of hydrogen-bond donors (Lipinski definition) is 0. The summed E-state index contributed by atoms with van der Waals surface area (Å²) in [6.45, 7) is 19.3. The van der Waals surface area contributed by atoms with Crippen LogP contribution in [0.25, 0.3) is 0 Å². The Labute approximate surface area is 193 Å². The van der Waals surface area contributed by atoms with Gasteiger partial charge in [-0.2, -0.15) is 0 Å². The maximum atomic E-state index is 13.2. The van der Waals surface area contributed by atoms with Gasteiger partial charge in [-0.25, -0.2) is 0 Å². The van der Waals surface area contributed by atoms with Crippen LogP contribution in [0.4, 0.5) is 0 Å². The number of carbonyl (C=O) groups excluding carboxylic acids is 1.